The molecule has 0 radical (unpaired) electrons. The van der Waals surface area contributed by atoms with Gasteiger partial charge in [0, 0.05) is 42.0 Å². The Labute approximate surface area is 255 Å². The Kier molecular flexibility index (Phi) is 9.99. The average molecular weight is 567 g/mol. The average Bonchev–Trinajstić information content (AvgIpc) is 3.07. The lowest BCUT2D eigenvalue weighted by Crippen LogP contribution is -2.21. The van der Waals surface area contributed by atoms with E-state index in [1.165, 1.54) is 11.3 Å². The lowest BCUT2D eigenvalue weighted by molar-refractivity contribution is 0.340. The van der Waals surface area contributed by atoms with Crippen LogP contribution in [-0.2, 0) is 0 Å². The van der Waals surface area contributed by atoms with Crippen LogP contribution in [-0.4, -0.2) is 30.9 Å². The van der Waals surface area contributed by atoms with Gasteiger partial charge in [-0.25, -0.2) is 0 Å². The molecular weight excluding hydrogens is 528 g/mol. The zero-order chi connectivity index (χ0) is 29.9. The normalized spacial score (nSPS) is 11.2. The minimum atomic E-state index is 0.637. The fraction of sp³-hybridized carbons (Fsp3) is 0.158. The van der Waals surface area contributed by atoms with Crippen molar-refractivity contribution in [1.29, 1.82) is 0 Å². The molecule has 5 rings (SSSR count). The van der Waals surface area contributed by atoms with E-state index in [4.69, 9.17) is 4.74 Å². The van der Waals surface area contributed by atoms with Gasteiger partial charge in [-0.15, -0.1) is 0 Å². The minimum absolute atomic E-state index is 0.637. The number of nitrogens with zero attached hydrogens (tertiary/aromatic N) is 4. The van der Waals surface area contributed by atoms with E-state index in [1.54, 1.807) is 12.4 Å². The molecule has 0 N–H and O–H groups in total. The van der Waals surface area contributed by atoms with E-state index < -0.39 is 0 Å². The van der Waals surface area contributed by atoms with Crippen molar-refractivity contribution in [3.63, 3.8) is 0 Å². The molecule has 0 aliphatic heterocycles. The number of hydrogen-bond acceptors (Lipinski definition) is 5. The fourth-order valence-corrected chi connectivity index (χ4v) is 4.90. The molecule has 5 aromatic rings. The van der Waals surface area contributed by atoms with Crippen molar-refractivity contribution in [3.8, 4) is 5.75 Å². The highest BCUT2D eigenvalue weighted by Gasteiger charge is 2.13. The Hall–Kier alpha value is -5.16. The molecule has 0 saturated heterocycles. The third kappa shape index (κ3) is 7.77. The maximum absolute atomic E-state index is 5.69. The van der Waals surface area contributed by atoms with Crippen molar-refractivity contribution in [2.75, 3.05) is 29.5 Å². The van der Waals surface area contributed by atoms with Crippen LogP contribution in [0, 0.1) is 0 Å². The Balaban J connectivity index is 1.37. The second-order valence-corrected chi connectivity index (χ2v) is 9.98. The van der Waals surface area contributed by atoms with Crippen LogP contribution >= 0.6 is 0 Å². The highest BCUT2D eigenvalue weighted by atomic mass is 16.5. The molecule has 0 saturated carbocycles. The number of pyridine rings is 1. The molecule has 4 aromatic carbocycles. The number of rotatable bonds is 12. The van der Waals surface area contributed by atoms with Crippen LogP contribution in [0.1, 0.15) is 37.6 Å². The van der Waals surface area contributed by atoms with Gasteiger partial charge in [-0.1, -0.05) is 42.5 Å². The van der Waals surface area contributed by atoms with Gasteiger partial charge in [-0.05, 0) is 117 Å². The van der Waals surface area contributed by atoms with Crippen molar-refractivity contribution < 1.29 is 4.74 Å². The second-order valence-electron chi connectivity index (χ2n) is 9.98. The molecule has 0 bridgehead atoms. The van der Waals surface area contributed by atoms with Gasteiger partial charge >= 0.3 is 0 Å². The zero-order valence-electron chi connectivity index (χ0n) is 25.1. The van der Waals surface area contributed by atoms with Crippen LogP contribution in [0.5, 0.6) is 5.75 Å². The van der Waals surface area contributed by atoms with Crippen molar-refractivity contribution in [3.05, 3.63) is 138 Å². The number of aliphatic imine (C=N–C) groups is 1. The molecule has 1 aromatic heterocycles. The summed E-state index contributed by atoms with van der Waals surface area (Å²) in [6.07, 6.45) is 7.87. The second kappa shape index (κ2) is 14.6. The maximum atomic E-state index is 5.69. The predicted molar refractivity (Wildman–Crippen MR) is 183 cm³/mol. The third-order valence-corrected chi connectivity index (χ3v) is 7.19. The molecule has 5 heteroatoms. The molecule has 43 heavy (non-hydrogen) atoms. The van der Waals surface area contributed by atoms with Crippen LogP contribution in [0.15, 0.2) is 126 Å². The topological polar surface area (TPSA) is 41.0 Å². The van der Waals surface area contributed by atoms with Crippen LogP contribution in [0.3, 0.4) is 0 Å². The Morgan fingerprint density at radius 1 is 0.628 bits per heavy atom. The zero-order valence-corrected chi connectivity index (χ0v) is 25.1. The summed E-state index contributed by atoms with van der Waals surface area (Å²) in [5.74, 6) is 0.857. The van der Waals surface area contributed by atoms with E-state index in [1.807, 2.05) is 49.4 Å². The smallest absolute Gasteiger partial charge is 0.119 e. The molecule has 0 atom stereocenters. The summed E-state index contributed by atoms with van der Waals surface area (Å²) in [7, 11) is 0. The highest BCUT2D eigenvalue weighted by molar-refractivity contribution is 5.81. The maximum Gasteiger partial charge on any atom is 0.119 e. The van der Waals surface area contributed by atoms with Gasteiger partial charge in [0.05, 0.1) is 24.2 Å². The number of anilines is 4. The van der Waals surface area contributed by atoms with Gasteiger partial charge in [0.2, 0.25) is 0 Å². The highest BCUT2D eigenvalue weighted by Crippen LogP contribution is 2.36. The Bertz CT molecular complexity index is 1610. The van der Waals surface area contributed by atoms with E-state index in [0.29, 0.717) is 6.61 Å². The van der Waals surface area contributed by atoms with Crippen molar-refractivity contribution >= 4 is 46.8 Å². The number of hydrogen-bond donors (Lipinski definition) is 0. The fourth-order valence-electron chi connectivity index (χ4n) is 4.90. The first-order valence-corrected chi connectivity index (χ1v) is 14.9. The van der Waals surface area contributed by atoms with E-state index in [2.05, 4.69) is 119 Å². The van der Waals surface area contributed by atoms with E-state index in [0.717, 1.165) is 52.8 Å². The number of benzene rings is 4. The summed E-state index contributed by atoms with van der Waals surface area (Å²) in [6.45, 7) is 9.03. The van der Waals surface area contributed by atoms with Gasteiger partial charge < -0.3 is 14.5 Å². The lowest BCUT2D eigenvalue weighted by atomic mass is 10.1. The first-order valence-electron chi connectivity index (χ1n) is 14.9. The summed E-state index contributed by atoms with van der Waals surface area (Å²) in [5.41, 5.74) is 8.43. The Morgan fingerprint density at radius 3 is 1.67 bits per heavy atom. The standard InChI is InChI=1S/C38H38N4O/c1-4-41(5-2)34-18-12-30(13-19-34)10-11-31-14-20-35(21-15-31)42(37-24-26-38(27-25-37)43-6-3)36-22-16-32(17-23-36)40-29-33-9-7-8-28-39-33/h7-29H,4-6H2,1-3H3/b11-10+,40-29?. The van der Waals surface area contributed by atoms with Crippen LogP contribution in [0.4, 0.5) is 28.4 Å². The number of aromatic nitrogens is 1. The van der Waals surface area contributed by atoms with Crippen LogP contribution in [0.25, 0.3) is 12.2 Å². The quantitative estimate of drug-likeness (QED) is 0.111. The van der Waals surface area contributed by atoms with Crippen molar-refractivity contribution in [2.24, 2.45) is 4.99 Å². The van der Waals surface area contributed by atoms with Gasteiger partial charge in [-0.3, -0.25) is 9.98 Å². The molecule has 0 aliphatic carbocycles. The molecule has 216 valence electrons. The molecular formula is C38H38N4O. The van der Waals surface area contributed by atoms with Crippen molar-refractivity contribution in [2.45, 2.75) is 20.8 Å². The van der Waals surface area contributed by atoms with Crippen molar-refractivity contribution in [1.82, 2.24) is 4.98 Å². The molecule has 0 aliphatic rings. The van der Waals surface area contributed by atoms with E-state index >= 15 is 0 Å². The Morgan fingerprint density at radius 2 is 1.16 bits per heavy atom. The summed E-state index contributed by atoms with van der Waals surface area (Å²) >= 11 is 0. The summed E-state index contributed by atoms with van der Waals surface area (Å²) < 4.78 is 5.69. The third-order valence-electron chi connectivity index (χ3n) is 7.19. The SMILES string of the molecule is CCOc1ccc(N(c2ccc(/C=C/c3ccc(N(CC)CC)cc3)cc2)c2ccc(N=Cc3ccccn3)cc2)cc1. The molecule has 0 amide bonds. The largest absolute Gasteiger partial charge is 0.494 e. The molecule has 1 heterocycles. The monoisotopic (exact) mass is 566 g/mol. The molecule has 0 unspecified atom stereocenters. The van der Waals surface area contributed by atoms with Crippen LogP contribution in [0.2, 0.25) is 0 Å². The summed E-state index contributed by atoms with van der Waals surface area (Å²) in [4.78, 5) is 13.5. The molecule has 5 nitrogen and oxygen atoms in total. The summed E-state index contributed by atoms with van der Waals surface area (Å²) in [6, 6.07) is 39.6. The lowest BCUT2D eigenvalue weighted by Gasteiger charge is -2.26. The van der Waals surface area contributed by atoms with Crippen LogP contribution < -0.4 is 14.5 Å². The molecule has 0 spiro atoms. The van der Waals surface area contributed by atoms with E-state index in [-0.39, 0.29) is 0 Å². The first kappa shape index (κ1) is 29.3. The summed E-state index contributed by atoms with van der Waals surface area (Å²) in [5, 5.41) is 0. The number of ether oxygens (including phenoxy) is 1. The predicted octanol–water partition coefficient (Wildman–Crippen LogP) is 9.72. The van der Waals surface area contributed by atoms with Gasteiger partial charge in [0.25, 0.3) is 0 Å². The molecule has 0 fully saturated rings. The van der Waals surface area contributed by atoms with Gasteiger partial charge in [0.1, 0.15) is 5.75 Å². The first-order chi connectivity index (χ1) is 21.2. The van der Waals surface area contributed by atoms with Gasteiger partial charge in [-0.2, -0.15) is 0 Å². The van der Waals surface area contributed by atoms with E-state index in [9.17, 15) is 0 Å². The minimum Gasteiger partial charge on any atom is -0.494 e. The van der Waals surface area contributed by atoms with Gasteiger partial charge in [0.15, 0.2) is 0 Å².